The van der Waals surface area contributed by atoms with E-state index in [1.165, 1.54) is 0 Å². The summed E-state index contributed by atoms with van der Waals surface area (Å²) in [6.45, 7) is 8.85. The molecular weight excluding hydrogens is 202 g/mol. The van der Waals surface area contributed by atoms with Crippen molar-refractivity contribution in [2.75, 3.05) is 6.54 Å². The van der Waals surface area contributed by atoms with Crippen LogP contribution in [0, 0.1) is 5.92 Å². The Bertz CT molecular complexity index is 294. The van der Waals surface area contributed by atoms with Crippen LogP contribution in [0.3, 0.4) is 0 Å². The van der Waals surface area contributed by atoms with Gasteiger partial charge in [-0.2, -0.15) is 0 Å². The number of aliphatic hydroxyl groups is 1. The number of nitrogens with one attached hydrogen (secondary N) is 1. The molecule has 92 valence electrons. The average molecular weight is 225 g/mol. The van der Waals surface area contributed by atoms with Crippen molar-refractivity contribution in [1.82, 2.24) is 14.9 Å². The van der Waals surface area contributed by atoms with E-state index in [9.17, 15) is 5.11 Å². The Balaban J connectivity index is 2.28. The third-order valence-electron chi connectivity index (χ3n) is 2.35. The lowest BCUT2D eigenvalue weighted by molar-refractivity contribution is 0.178. The molecule has 1 heterocycles. The summed E-state index contributed by atoms with van der Waals surface area (Å²) in [6.07, 6.45) is 4.39. The van der Waals surface area contributed by atoms with Crippen LogP contribution in [0.1, 0.15) is 32.9 Å². The number of nitrogens with zero attached hydrogens (tertiary/aromatic N) is 2. The first-order chi connectivity index (χ1) is 7.58. The predicted octanol–water partition coefficient (Wildman–Crippen LogP) is 1.40. The largest absolute Gasteiger partial charge is 0.393 e. The van der Waals surface area contributed by atoms with Crippen molar-refractivity contribution in [3.05, 3.63) is 18.2 Å². The summed E-state index contributed by atoms with van der Waals surface area (Å²) in [5.74, 6) is 0.664. The van der Waals surface area contributed by atoms with Crippen LogP contribution in [0.4, 0.5) is 0 Å². The van der Waals surface area contributed by atoms with Gasteiger partial charge in [-0.05, 0) is 25.8 Å². The summed E-state index contributed by atoms with van der Waals surface area (Å²) in [5, 5.41) is 12.5. The molecule has 1 rings (SSSR count). The minimum absolute atomic E-state index is 0.245. The van der Waals surface area contributed by atoms with Crippen molar-refractivity contribution in [2.45, 2.75) is 46.4 Å². The quantitative estimate of drug-likeness (QED) is 0.737. The van der Waals surface area contributed by atoms with E-state index in [-0.39, 0.29) is 6.10 Å². The van der Waals surface area contributed by atoms with Crippen molar-refractivity contribution < 1.29 is 5.11 Å². The van der Waals surface area contributed by atoms with Crippen LogP contribution in [-0.4, -0.2) is 27.3 Å². The van der Waals surface area contributed by atoms with E-state index in [0.717, 1.165) is 31.7 Å². The molecule has 0 spiro atoms. The Labute approximate surface area is 97.7 Å². The number of aliphatic hydroxyl groups excluding tert-OH is 1. The van der Waals surface area contributed by atoms with Crippen LogP contribution in [0.2, 0.25) is 0 Å². The molecule has 0 saturated carbocycles. The summed E-state index contributed by atoms with van der Waals surface area (Å²) in [4.78, 5) is 4.31. The first kappa shape index (κ1) is 13.2. The fourth-order valence-corrected chi connectivity index (χ4v) is 1.44. The van der Waals surface area contributed by atoms with E-state index in [0.29, 0.717) is 5.92 Å². The lowest BCUT2D eigenvalue weighted by Crippen LogP contribution is -2.19. The molecule has 4 heteroatoms. The first-order valence-corrected chi connectivity index (χ1v) is 5.97. The first-order valence-electron chi connectivity index (χ1n) is 5.97. The monoisotopic (exact) mass is 225 g/mol. The fourth-order valence-electron chi connectivity index (χ4n) is 1.44. The predicted molar refractivity (Wildman–Crippen MR) is 65.1 cm³/mol. The Morgan fingerprint density at radius 2 is 2.19 bits per heavy atom. The van der Waals surface area contributed by atoms with Crippen molar-refractivity contribution >= 4 is 0 Å². The molecule has 1 atom stereocenters. The van der Waals surface area contributed by atoms with Gasteiger partial charge in [-0.25, -0.2) is 4.98 Å². The molecule has 0 aliphatic rings. The highest BCUT2D eigenvalue weighted by Gasteiger charge is 2.01. The van der Waals surface area contributed by atoms with E-state index < -0.39 is 0 Å². The molecule has 0 aliphatic carbocycles. The smallest absolute Gasteiger partial charge is 0.0949 e. The second-order valence-corrected chi connectivity index (χ2v) is 4.77. The second kappa shape index (κ2) is 6.66. The lowest BCUT2D eigenvalue weighted by Gasteiger charge is -2.05. The van der Waals surface area contributed by atoms with Gasteiger partial charge in [0.1, 0.15) is 0 Å². The highest BCUT2D eigenvalue weighted by atomic mass is 16.3. The van der Waals surface area contributed by atoms with Gasteiger partial charge in [0.2, 0.25) is 0 Å². The van der Waals surface area contributed by atoms with Crippen LogP contribution >= 0.6 is 0 Å². The molecule has 1 aromatic rings. The van der Waals surface area contributed by atoms with Crippen molar-refractivity contribution in [3.8, 4) is 0 Å². The van der Waals surface area contributed by atoms with E-state index in [1.807, 2.05) is 24.0 Å². The maximum Gasteiger partial charge on any atom is 0.0949 e. The maximum atomic E-state index is 9.18. The van der Waals surface area contributed by atoms with Crippen LogP contribution in [0.5, 0.6) is 0 Å². The van der Waals surface area contributed by atoms with E-state index in [1.54, 1.807) is 0 Å². The molecular formula is C12H23N3O. The van der Waals surface area contributed by atoms with E-state index in [4.69, 9.17) is 0 Å². The molecule has 0 aliphatic heterocycles. The van der Waals surface area contributed by atoms with Crippen molar-refractivity contribution in [1.29, 1.82) is 0 Å². The van der Waals surface area contributed by atoms with Crippen molar-refractivity contribution in [2.24, 2.45) is 5.92 Å². The SMILES string of the molecule is CC(C)CNCc1cn(CCC(C)O)cn1. The standard InChI is InChI=1S/C12H23N3O/c1-10(2)6-13-7-12-8-15(9-14-12)5-4-11(3)16/h8-11,13,16H,4-7H2,1-3H3. The molecule has 1 unspecified atom stereocenters. The Hall–Kier alpha value is -0.870. The molecule has 16 heavy (non-hydrogen) atoms. The van der Waals surface area contributed by atoms with Gasteiger partial charge in [0.05, 0.1) is 18.1 Å². The third-order valence-corrected chi connectivity index (χ3v) is 2.35. The molecule has 2 N–H and O–H groups in total. The number of aryl methyl sites for hydroxylation is 1. The van der Waals surface area contributed by atoms with Gasteiger partial charge < -0.3 is 15.0 Å². The Morgan fingerprint density at radius 3 is 2.81 bits per heavy atom. The highest BCUT2D eigenvalue weighted by molar-refractivity contribution is 4.96. The van der Waals surface area contributed by atoms with Gasteiger partial charge in [-0.15, -0.1) is 0 Å². The summed E-state index contributed by atoms with van der Waals surface area (Å²) >= 11 is 0. The third kappa shape index (κ3) is 5.28. The van der Waals surface area contributed by atoms with Crippen LogP contribution in [0.15, 0.2) is 12.5 Å². The molecule has 0 bridgehead atoms. The summed E-state index contributed by atoms with van der Waals surface area (Å²) in [5.41, 5.74) is 1.06. The Kier molecular flexibility index (Phi) is 5.49. The minimum Gasteiger partial charge on any atom is -0.393 e. The molecule has 0 radical (unpaired) electrons. The van der Waals surface area contributed by atoms with Gasteiger partial charge in [-0.3, -0.25) is 0 Å². The number of hydrogen-bond acceptors (Lipinski definition) is 3. The van der Waals surface area contributed by atoms with Crippen LogP contribution in [0.25, 0.3) is 0 Å². The summed E-state index contributed by atoms with van der Waals surface area (Å²) in [6, 6.07) is 0. The zero-order chi connectivity index (χ0) is 12.0. The van der Waals surface area contributed by atoms with Crippen LogP contribution in [-0.2, 0) is 13.1 Å². The Morgan fingerprint density at radius 1 is 1.44 bits per heavy atom. The highest BCUT2D eigenvalue weighted by Crippen LogP contribution is 2.00. The lowest BCUT2D eigenvalue weighted by atomic mass is 10.2. The van der Waals surface area contributed by atoms with Crippen molar-refractivity contribution in [3.63, 3.8) is 0 Å². The average Bonchev–Trinajstić information content (AvgIpc) is 2.62. The topological polar surface area (TPSA) is 50.1 Å². The second-order valence-electron chi connectivity index (χ2n) is 4.77. The van der Waals surface area contributed by atoms with Gasteiger partial charge in [0, 0.05) is 19.3 Å². The molecule has 1 aromatic heterocycles. The van der Waals surface area contributed by atoms with E-state index >= 15 is 0 Å². The summed E-state index contributed by atoms with van der Waals surface area (Å²) in [7, 11) is 0. The zero-order valence-electron chi connectivity index (χ0n) is 10.5. The summed E-state index contributed by atoms with van der Waals surface area (Å²) < 4.78 is 2.03. The minimum atomic E-state index is -0.245. The van der Waals surface area contributed by atoms with Gasteiger partial charge in [0.25, 0.3) is 0 Å². The molecule has 4 nitrogen and oxygen atoms in total. The number of imidazole rings is 1. The van der Waals surface area contributed by atoms with Gasteiger partial charge in [0.15, 0.2) is 0 Å². The normalized spacial score (nSPS) is 13.3. The zero-order valence-corrected chi connectivity index (χ0v) is 10.5. The number of rotatable bonds is 7. The molecule has 0 fully saturated rings. The number of hydrogen-bond donors (Lipinski definition) is 2. The maximum absolute atomic E-state index is 9.18. The molecule has 0 amide bonds. The van der Waals surface area contributed by atoms with Gasteiger partial charge in [-0.1, -0.05) is 13.8 Å². The van der Waals surface area contributed by atoms with Crippen LogP contribution < -0.4 is 5.32 Å². The fraction of sp³-hybridized carbons (Fsp3) is 0.750. The van der Waals surface area contributed by atoms with E-state index in [2.05, 4.69) is 24.1 Å². The molecule has 0 aromatic carbocycles. The molecule has 0 saturated heterocycles. The van der Waals surface area contributed by atoms with Gasteiger partial charge >= 0.3 is 0 Å². The number of aromatic nitrogens is 2.